The Balaban J connectivity index is 1.82. The van der Waals surface area contributed by atoms with Crippen molar-refractivity contribution in [2.24, 2.45) is 0 Å². The number of aromatic nitrogens is 1. The highest BCUT2D eigenvalue weighted by Crippen LogP contribution is 2.35. The molecule has 1 aliphatic heterocycles. The molecule has 1 amide bonds. The molecule has 0 saturated carbocycles. The maximum absolute atomic E-state index is 12.5. The van der Waals surface area contributed by atoms with Gasteiger partial charge in [-0.2, -0.15) is 0 Å². The Morgan fingerprint density at radius 1 is 1.32 bits per heavy atom. The number of carbonyl (C=O) groups excluding carboxylic acids is 1. The molecule has 0 spiro atoms. The Hall–Kier alpha value is -3.09. The van der Waals surface area contributed by atoms with Gasteiger partial charge in [0.15, 0.2) is 0 Å². The first-order chi connectivity index (χ1) is 12.1. The number of fused-ring (bicyclic) bond motifs is 1. The van der Waals surface area contributed by atoms with Gasteiger partial charge in [-0.3, -0.25) is 9.78 Å². The number of hydrogen-bond donors (Lipinski definition) is 2. The summed E-state index contributed by atoms with van der Waals surface area (Å²) in [6, 6.07) is 6.57. The molecule has 0 aliphatic carbocycles. The number of aromatic carboxylic acids is 1. The molecule has 1 aliphatic rings. The molecule has 0 bridgehead atoms. The van der Waals surface area contributed by atoms with Crippen molar-refractivity contribution < 1.29 is 24.2 Å². The van der Waals surface area contributed by atoms with E-state index in [1.807, 2.05) is 25.1 Å². The number of carbonyl (C=O) groups is 2. The van der Waals surface area contributed by atoms with E-state index in [2.05, 4.69) is 10.3 Å². The molecule has 1 atom stereocenters. The third-order valence-corrected chi connectivity index (χ3v) is 3.88. The van der Waals surface area contributed by atoms with Crippen molar-refractivity contribution in [3.63, 3.8) is 0 Å². The second-order valence-electron chi connectivity index (χ2n) is 5.56. The molecule has 0 radical (unpaired) electrons. The molecule has 2 heterocycles. The first kappa shape index (κ1) is 16.8. The summed E-state index contributed by atoms with van der Waals surface area (Å²) in [5.41, 5.74) is 1.01. The minimum atomic E-state index is -1.13. The molecule has 1 aromatic heterocycles. The van der Waals surface area contributed by atoms with E-state index in [1.165, 1.54) is 18.5 Å². The van der Waals surface area contributed by atoms with Crippen LogP contribution in [0.3, 0.4) is 0 Å². The van der Waals surface area contributed by atoms with Crippen LogP contribution in [0, 0.1) is 0 Å². The molecule has 0 fully saturated rings. The fraction of sp³-hybridized carbons (Fsp3) is 0.278. The molecule has 25 heavy (non-hydrogen) atoms. The van der Waals surface area contributed by atoms with Gasteiger partial charge in [-0.05, 0) is 31.2 Å². The fourth-order valence-electron chi connectivity index (χ4n) is 2.70. The van der Waals surface area contributed by atoms with E-state index < -0.39 is 5.97 Å². The van der Waals surface area contributed by atoms with Crippen LogP contribution < -0.4 is 14.8 Å². The normalized spacial score (nSPS) is 15.6. The summed E-state index contributed by atoms with van der Waals surface area (Å²) >= 11 is 0. The third kappa shape index (κ3) is 3.71. The molecule has 7 nitrogen and oxygen atoms in total. The predicted octanol–water partition coefficient (Wildman–Crippen LogP) is 2.43. The van der Waals surface area contributed by atoms with Crippen LogP contribution in [-0.2, 0) is 0 Å². The molecule has 2 N–H and O–H groups in total. The maximum Gasteiger partial charge on any atom is 0.337 e. The second-order valence-corrected chi connectivity index (χ2v) is 5.56. The van der Waals surface area contributed by atoms with Crippen molar-refractivity contribution in [2.45, 2.75) is 19.4 Å². The summed E-state index contributed by atoms with van der Waals surface area (Å²) in [4.78, 5) is 27.3. The smallest absolute Gasteiger partial charge is 0.337 e. The molecule has 1 unspecified atom stereocenters. The van der Waals surface area contributed by atoms with Crippen LogP contribution in [0.5, 0.6) is 11.5 Å². The monoisotopic (exact) mass is 342 g/mol. The maximum atomic E-state index is 12.5. The lowest BCUT2D eigenvalue weighted by Crippen LogP contribution is -2.32. The summed E-state index contributed by atoms with van der Waals surface area (Å²) in [6.07, 6.45) is 3.16. The van der Waals surface area contributed by atoms with Gasteiger partial charge in [0.25, 0.3) is 5.91 Å². The number of nitrogens with zero attached hydrogens (tertiary/aromatic N) is 1. The second kappa shape index (κ2) is 7.21. The van der Waals surface area contributed by atoms with Crippen molar-refractivity contribution in [1.29, 1.82) is 0 Å². The zero-order chi connectivity index (χ0) is 17.8. The van der Waals surface area contributed by atoms with Gasteiger partial charge in [-0.25, -0.2) is 4.79 Å². The van der Waals surface area contributed by atoms with Gasteiger partial charge in [-0.1, -0.05) is 0 Å². The predicted molar refractivity (Wildman–Crippen MR) is 89.1 cm³/mol. The first-order valence-electron chi connectivity index (χ1n) is 7.97. The number of carboxylic acid groups (broad SMARTS) is 1. The summed E-state index contributed by atoms with van der Waals surface area (Å²) in [5, 5.41) is 11.9. The van der Waals surface area contributed by atoms with Crippen LogP contribution in [0.1, 0.15) is 45.7 Å². The van der Waals surface area contributed by atoms with E-state index in [0.717, 1.165) is 5.56 Å². The van der Waals surface area contributed by atoms with Crippen molar-refractivity contribution >= 4 is 11.9 Å². The van der Waals surface area contributed by atoms with Crippen LogP contribution in [0.4, 0.5) is 0 Å². The number of amides is 1. The van der Waals surface area contributed by atoms with Crippen molar-refractivity contribution in [2.75, 3.05) is 13.2 Å². The van der Waals surface area contributed by atoms with Crippen molar-refractivity contribution in [3.05, 3.63) is 53.3 Å². The van der Waals surface area contributed by atoms with Gasteiger partial charge in [0.2, 0.25) is 0 Å². The quantitative estimate of drug-likeness (QED) is 0.866. The van der Waals surface area contributed by atoms with Crippen LogP contribution >= 0.6 is 0 Å². The van der Waals surface area contributed by atoms with E-state index in [-0.39, 0.29) is 23.1 Å². The van der Waals surface area contributed by atoms with Gasteiger partial charge >= 0.3 is 5.97 Å². The average molecular weight is 342 g/mol. The van der Waals surface area contributed by atoms with Gasteiger partial charge in [0.05, 0.1) is 30.4 Å². The van der Waals surface area contributed by atoms with Crippen LogP contribution in [0.15, 0.2) is 36.7 Å². The zero-order valence-corrected chi connectivity index (χ0v) is 13.7. The Morgan fingerprint density at radius 2 is 2.12 bits per heavy atom. The number of carboxylic acids is 1. The topological polar surface area (TPSA) is 97.8 Å². The Bertz CT molecular complexity index is 806. The largest absolute Gasteiger partial charge is 0.494 e. The summed E-state index contributed by atoms with van der Waals surface area (Å²) in [7, 11) is 0. The molecular formula is C18H18N2O5. The highest BCUT2D eigenvalue weighted by atomic mass is 16.5. The van der Waals surface area contributed by atoms with Crippen LogP contribution in [0.2, 0.25) is 0 Å². The molecular weight excluding hydrogens is 324 g/mol. The van der Waals surface area contributed by atoms with E-state index in [9.17, 15) is 9.59 Å². The fourth-order valence-corrected chi connectivity index (χ4v) is 2.70. The SMILES string of the molecule is CCOc1ccc2c(c1)C(NC(=O)c1cncc(C(=O)O)c1)CCO2. The lowest BCUT2D eigenvalue weighted by atomic mass is 9.99. The minimum Gasteiger partial charge on any atom is -0.494 e. The summed E-state index contributed by atoms with van der Waals surface area (Å²) in [5.74, 6) is -0.0897. The highest BCUT2D eigenvalue weighted by Gasteiger charge is 2.24. The molecule has 3 rings (SSSR count). The van der Waals surface area contributed by atoms with E-state index >= 15 is 0 Å². The number of rotatable bonds is 5. The van der Waals surface area contributed by atoms with Crippen molar-refractivity contribution in [3.8, 4) is 11.5 Å². The molecule has 130 valence electrons. The van der Waals surface area contributed by atoms with Gasteiger partial charge in [-0.15, -0.1) is 0 Å². The lowest BCUT2D eigenvalue weighted by Gasteiger charge is -2.27. The molecule has 0 saturated heterocycles. The summed E-state index contributed by atoms with van der Waals surface area (Å²) in [6.45, 7) is 2.93. The van der Waals surface area contributed by atoms with E-state index in [4.69, 9.17) is 14.6 Å². The van der Waals surface area contributed by atoms with Gasteiger partial charge < -0.3 is 19.9 Å². The van der Waals surface area contributed by atoms with E-state index in [1.54, 1.807) is 0 Å². The third-order valence-electron chi connectivity index (χ3n) is 3.88. The minimum absolute atomic E-state index is 0.0290. The highest BCUT2D eigenvalue weighted by molar-refractivity contribution is 5.97. The average Bonchev–Trinajstić information content (AvgIpc) is 2.62. The zero-order valence-electron chi connectivity index (χ0n) is 13.7. The Morgan fingerprint density at radius 3 is 2.88 bits per heavy atom. The van der Waals surface area contributed by atoms with E-state index in [0.29, 0.717) is 31.1 Å². The van der Waals surface area contributed by atoms with Crippen LogP contribution in [0.25, 0.3) is 0 Å². The van der Waals surface area contributed by atoms with Gasteiger partial charge in [0, 0.05) is 24.4 Å². The lowest BCUT2D eigenvalue weighted by molar-refractivity contribution is 0.0696. The number of benzene rings is 1. The first-order valence-corrected chi connectivity index (χ1v) is 7.97. The number of hydrogen-bond acceptors (Lipinski definition) is 5. The standard InChI is InChI=1S/C18H18N2O5/c1-2-24-13-3-4-16-14(8-13)15(5-6-25-16)20-17(21)11-7-12(18(22)23)10-19-9-11/h3-4,7-10,15H,2,5-6H2,1H3,(H,20,21)(H,22,23). The molecule has 2 aromatic rings. The Labute approximate surface area is 144 Å². The van der Waals surface area contributed by atoms with Crippen LogP contribution in [-0.4, -0.2) is 35.2 Å². The Kier molecular flexibility index (Phi) is 4.83. The number of pyridine rings is 1. The number of ether oxygens (including phenoxy) is 2. The van der Waals surface area contributed by atoms with Crippen molar-refractivity contribution in [1.82, 2.24) is 10.3 Å². The number of nitrogens with one attached hydrogen (secondary N) is 1. The summed E-state index contributed by atoms with van der Waals surface area (Å²) < 4.78 is 11.1. The molecule has 1 aromatic carbocycles. The van der Waals surface area contributed by atoms with Gasteiger partial charge in [0.1, 0.15) is 11.5 Å². The molecule has 7 heteroatoms.